The molecule has 0 atom stereocenters. The molecule has 1 aromatic carbocycles. The van der Waals surface area contributed by atoms with Gasteiger partial charge in [0.1, 0.15) is 5.75 Å². The van der Waals surface area contributed by atoms with Gasteiger partial charge in [0.15, 0.2) is 0 Å². The Morgan fingerprint density at radius 3 is 2.58 bits per heavy atom. The maximum Gasteiger partial charge on any atom is 0.134 e. The average molecular weight is 185 g/mol. The summed E-state index contributed by atoms with van der Waals surface area (Å²) >= 11 is 5.67. The number of halogens is 1. The topological polar surface area (TPSA) is 20.2 Å². The van der Waals surface area contributed by atoms with Gasteiger partial charge in [0, 0.05) is 0 Å². The van der Waals surface area contributed by atoms with E-state index in [1.54, 1.807) is 12.1 Å². The average Bonchev–Trinajstić information content (AvgIpc) is 1.96. The number of rotatable bonds is 2. The Labute approximate surface area is 78.0 Å². The van der Waals surface area contributed by atoms with Gasteiger partial charge in [0.25, 0.3) is 0 Å². The minimum atomic E-state index is 0.176. The van der Waals surface area contributed by atoms with Gasteiger partial charge in [-0.25, -0.2) is 0 Å². The Bertz CT molecular complexity index is 269. The van der Waals surface area contributed by atoms with Crippen LogP contribution in [0.4, 0.5) is 0 Å². The molecule has 12 heavy (non-hydrogen) atoms. The van der Waals surface area contributed by atoms with Crippen molar-refractivity contribution in [2.45, 2.75) is 20.3 Å². The Kier molecular flexibility index (Phi) is 2.99. The lowest BCUT2D eigenvalue weighted by atomic mass is 10.0. The Balaban J connectivity index is 2.82. The number of hydrogen-bond donors (Lipinski definition) is 1. The molecule has 1 N–H and O–H groups in total. The molecule has 2 heteroatoms. The minimum absolute atomic E-state index is 0.176. The number of phenolic OH excluding ortho intramolecular Hbond substituents is 1. The maximum atomic E-state index is 9.28. The van der Waals surface area contributed by atoms with E-state index in [2.05, 4.69) is 13.8 Å². The summed E-state index contributed by atoms with van der Waals surface area (Å²) in [6.45, 7) is 4.29. The Morgan fingerprint density at radius 1 is 1.42 bits per heavy atom. The molecule has 1 nitrogen and oxygen atoms in total. The van der Waals surface area contributed by atoms with Crippen molar-refractivity contribution in [1.29, 1.82) is 0 Å². The molecular formula is C10H13ClO. The molecule has 0 saturated carbocycles. The summed E-state index contributed by atoms with van der Waals surface area (Å²) in [6.07, 6.45) is 0.977. The molecule has 0 spiro atoms. The molecule has 66 valence electrons. The third-order valence-corrected chi connectivity index (χ3v) is 1.97. The first kappa shape index (κ1) is 9.40. The van der Waals surface area contributed by atoms with Crippen molar-refractivity contribution in [2.75, 3.05) is 0 Å². The van der Waals surface area contributed by atoms with Crippen molar-refractivity contribution in [3.05, 3.63) is 28.8 Å². The number of aromatic hydroxyl groups is 1. The van der Waals surface area contributed by atoms with Gasteiger partial charge in [0.2, 0.25) is 0 Å². The van der Waals surface area contributed by atoms with Crippen molar-refractivity contribution in [3.63, 3.8) is 0 Å². The summed E-state index contributed by atoms with van der Waals surface area (Å²) in [6, 6.07) is 5.40. The van der Waals surface area contributed by atoms with E-state index in [4.69, 9.17) is 11.6 Å². The van der Waals surface area contributed by atoms with Crippen LogP contribution in [-0.2, 0) is 6.42 Å². The fraction of sp³-hybridized carbons (Fsp3) is 0.400. The van der Waals surface area contributed by atoms with Gasteiger partial charge in [-0.1, -0.05) is 31.5 Å². The van der Waals surface area contributed by atoms with Gasteiger partial charge in [-0.05, 0) is 30.0 Å². The van der Waals surface area contributed by atoms with E-state index in [0.29, 0.717) is 10.9 Å². The van der Waals surface area contributed by atoms with Crippen LogP contribution < -0.4 is 0 Å². The monoisotopic (exact) mass is 184 g/mol. The van der Waals surface area contributed by atoms with Crippen molar-refractivity contribution < 1.29 is 5.11 Å². The maximum absolute atomic E-state index is 9.28. The first-order valence-corrected chi connectivity index (χ1v) is 4.45. The standard InChI is InChI=1S/C10H13ClO/c1-7(2)5-8-3-4-9(11)10(12)6-8/h3-4,6-7,12H,5H2,1-2H3. The lowest BCUT2D eigenvalue weighted by molar-refractivity contribution is 0.474. The van der Waals surface area contributed by atoms with Crippen molar-refractivity contribution in [2.24, 2.45) is 5.92 Å². The van der Waals surface area contributed by atoms with E-state index >= 15 is 0 Å². The second-order valence-corrected chi connectivity index (χ2v) is 3.79. The van der Waals surface area contributed by atoms with E-state index in [9.17, 15) is 5.11 Å². The van der Waals surface area contributed by atoms with Crippen molar-refractivity contribution in [1.82, 2.24) is 0 Å². The second kappa shape index (κ2) is 3.81. The molecule has 0 fully saturated rings. The highest BCUT2D eigenvalue weighted by molar-refractivity contribution is 6.31. The van der Waals surface area contributed by atoms with Gasteiger partial charge < -0.3 is 5.11 Å². The highest BCUT2D eigenvalue weighted by atomic mass is 35.5. The van der Waals surface area contributed by atoms with Crippen LogP contribution in [0.1, 0.15) is 19.4 Å². The largest absolute Gasteiger partial charge is 0.506 e. The molecule has 0 aliphatic heterocycles. The van der Waals surface area contributed by atoms with Crippen molar-refractivity contribution >= 4 is 11.6 Å². The molecule has 0 unspecified atom stereocenters. The molecule has 0 heterocycles. The Morgan fingerprint density at radius 2 is 2.08 bits per heavy atom. The molecule has 0 aliphatic carbocycles. The summed E-state index contributed by atoms with van der Waals surface area (Å²) in [5, 5.41) is 9.70. The van der Waals surface area contributed by atoms with Gasteiger partial charge in [-0.15, -0.1) is 0 Å². The van der Waals surface area contributed by atoms with Crippen molar-refractivity contribution in [3.8, 4) is 5.75 Å². The zero-order chi connectivity index (χ0) is 9.14. The molecule has 0 saturated heterocycles. The van der Waals surface area contributed by atoms with Gasteiger partial charge in [0.05, 0.1) is 5.02 Å². The van der Waals surface area contributed by atoms with Gasteiger partial charge >= 0.3 is 0 Å². The van der Waals surface area contributed by atoms with E-state index in [0.717, 1.165) is 12.0 Å². The van der Waals surface area contributed by atoms with E-state index in [1.807, 2.05) is 6.07 Å². The van der Waals surface area contributed by atoms with E-state index in [-0.39, 0.29) is 5.75 Å². The molecule has 0 amide bonds. The third kappa shape index (κ3) is 2.42. The molecule has 0 aromatic heterocycles. The summed E-state index contributed by atoms with van der Waals surface area (Å²) in [5.41, 5.74) is 1.13. The fourth-order valence-electron chi connectivity index (χ4n) is 1.16. The van der Waals surface area contributed by atoms with Crippen LogP contribution in [0.2, 0.25) is 5.02 Å². The highest BCUT2D eigenvalue weighted by Gasteiger charge is 2.01. The summed E-state index contributed by atoms with van der Waals surface area (Å²) < 4.78 is 0. The van der Waals surface area contributed by atoms with E-state index in [1.165, 1.54) is 0 Å². The van der Waals surface area contributed by atoms with E-state index < -0.39 is 0 Å². The smallest absolute Gasteiger partial charge is 0.134 e. The predicted molar refractivity (Wildman–Crippen MR) is 51.7 cm³/mol. The van der Waals surface area contributed by atoms with Crippen LogP contribution in [-0.4, -0.2) is 5.11 Å². The van der Waals surface area contributed by atoms with Gasteiger partial charge in [-0.2, -0.15) is 0 Å². The highest BCUT2D eigenvalue weighted by Crippen LogP contribution is 2.24. The van der Waals surface area contributed by atoms with Crippen LogP contribution in [0, 0.1) is 5.92 Å². The zero-order valence-electron chi connectivity index (χ0n) is 7.34. The number of phenols is 1. The zero-order valence-corrected chi connectivity index (χ0v) is 8.10. The normalized spacial score (nSPS) is 10.7. The predicted octanol–water partition coefficient (Wildman–Crippen LogP) is 3.24. The molecule has 0 aliphatic rings. The first-order chi connectivity index (χ1) is 5.59. The van der Waals surface area contributed by atoms with Crippen LogP contribution in [0.25, 0.3) is 0 Å². The van der Waals surface area contributed by atoms with Crippen LogP contribution in [0.15, 0.2) is 18.2 Å². The van der Waals surface area contributed by atoms with Crippen LogP contribution in [0.3, 0.4) is 0 Å². The summed E-state index contributed by atoms with van der Waals surface area (Å²) in [4.78, 5) is 0. The lowest BCUT2D eigenvalue weighted by Crippen LogP contribution is -1.93. The first-order valence-electron chi connectivity index (χ1n) is 4.07. The molecule has 0 bridgehead atoms. The SMILES string of the molecule is CC(C)Cc1ccc(Cl)c(O)c1. The summed E-state index contributed by atoms with van der Waals surface area (Å²) in [7, 11) is 0. The van der Waals surface area contributed by atoms with Gasteiger partial charge in [-0.3, -0.25) is 0 Å². The summed E-state index contributed by atoms with van der Waals surface area (Å²) in [5.74, 6) is 0.778. The quantitative estimate of drug-likeness (QED) is 0.748. The third-order valence-electron chi connectivity index (χ3n) is 1.65. The molecule has 0 radical (unpaired) electrons. The van der Waals surface area contributed by atoms with Crippen LogP contribution >= 0.6 is 11.6 Å². The van der Waals surface area contributed by atoms with Crippen LogP contribution in [0.5, 0.6) is 5.75 Å². The molecular weight excluding hydrogens is 172 g/mol. The molecule has 1 rings (SSSR count). The fourth-order valence-corrected chi connectivity index (χ4v) is 1.27. The lowest BCUT2D eigenvalue weighted by Gasteiger charge is -2.05. The Hall–Kier alpha value is -0.690. The number of benzene rings is 1. The number of hydrogen-bond acceptors (Lipinski definition) is 1. The molecule has 1 aromatic rings. The minimum Gasteiger partial charge on any atom is -0.506 e. The second-order valence-electron chi connectivity index (χ2n) is 3.38.